The first-order valence-electron chi connectivity index (χ1n) is 5.79. The first kappa shape index (κ1) is 15.6. The molecule has 0 heterocycles. The normalized spacial score (nSPS) is 16.1. The molecule has 0 saturated carbocycles. The number of rotatable bonds is 3. The van der Waals surface area contributed by atoms with Crippen molar-refractivity contribution in [3.05, 3.63) is 0 Å². The van der Waals surface area contributed by atoms with E-state index in [1.165, 1.54) is 0 Å². The van der Waals surface area contributed by atoms with Crippen molar-refractivity contribution in [2.45, 2.75) is 72.6 Å². The Morgan fingerprint density at radius 1 is 1.00 bits per heavy atom. The monoisotopic (exact) mass is 229 g/mol. The molecular weight excluding hydrogens is 202 g/mol. The van der Waals surface area contributed by atoms with Gasteiger partial charge in [0.15, 0.2) is 5.78 Å². The van der Waals surface area contributed by atoms with Crippen molar-refractivity contribution in [1.82, 2.24) is 5.32 Å². The maximum Gasteiger partial charge on any atom is 0.157 e. The minimum Gasteiger partial charge on any atom is -0.388 e. The average Bonchev–Trinajstić information content (AvgIpc) is 1.93. The van der Waals surface area contributed by atoms with Crippen LogP contribution in [-0.2, 0) is 4.79 Å². The van der Waals surface area contributed by atoms with E-state index in [0.29, 0.717) is 0 Å². The molecule has 0 aromatic carbocycles. The van der Waals surface area contributed by atoms with Gasteiger partial charge < -0.3 is 10.4 Å². The summed E-state index contributed by atoms with van der Waals surface area (Å²) in [5.41, 5.74) is -1.72. The number of hydrogen-bond donors (Lipinski definition) is 2. The minimum absolute atomic E-state index is 0.0370. The Kier molecular flexibility index (Phi) is 4.34. The fourth-order valence-electron chi connectivity index (χ4n) is 1.43. The minimum atomic E-state index is -1.06. The summed E-state index contributed by atoms with van der Waals surface area (Å²) in [5.74, 6) is 0.0370. The summed E-state index contributed by atoms with van der Waals surface area (Å²) >= 11 is 0. The molecule has 0 bridgehead atoms. The van der Waals surface area contributed by atoms with E-state index in [1.807, 2.05) is 41.5 Å². The van der Waals surface area contributed by atoms with Gasteiger partial charge in [-0.1, -0.05) is 20.8 Å². The lowest BCUT2D eigenvalue weighted by Gasteiger charge is -2.38. The van der Waals surface area contributed by atoms with Crippen molar-refractivity contribution in [2.75, 3.05) is 0 Å². The molecule has 0 radical (unpaired) electrons. The molecule has 16 heavy (non-hydrogen) atoms. The van der Waals surface area contributed by atoms with Gasteiger partial charge in [0.1, 0.15) is 0 Å². The number of nitrogens with one attached hydrogen (secondary N) is 1. The number of carbonyl (C=O) groups excluding carboxylic acids is 1. The molecule has 0 rings (SSSR count). The lowest BCUT2D eigenvalue weighted by molar-refractivity contribution is -0.135. The molecule has 96 valence electrons. The molecule has 0 amide bonds. The predicted molar refractivity (Wildman–Crippen MR) is 67.4 cm³/mol. The Balaban J connectivity index is 5.06. The highest BCUT2D eigenvalue weighted by Gasteiger charge is 2.40. The van der Waals surface area contributed by atoms with E-state index < -0.39 is 17.1 Å². The second-order valence-electron chi connectivity index (χ2n) is 7.10. The van der Waals surface area contributed by atoms with Crippen molar-refractivity contribution >= 4 is 5.78 Å². The predicted octanol–water partition coefficient (Wildman–Crippen LogP) is 2.13. The van der Waals surface area contributed by atoms with E-state index in [0.717, 1.165) is 0 Å². The van der Waals surface area contributed by atoms with E-state index in [1.54, 1.807) is 13.8 Å². The Bertz CT molecular complexity index is 251. The van der Waals surface area contributed by atoms with Crippen LogP contribution in [0, 0.1) is 5.41 Å². The highest BCUT2D eigenvalue weighted by molar-refractivity contribution is 5.89. The molecule has 0 saturated heterocycles. The fourth-order valence-corrected chi connectivity index (χ4v) is 1.43. The van der Waals surface area contributed by atoms with Crippen LogP contribution < -0.4 is 5.32 Å². The summed E-state index contributed by atoms with van der Waals surface area (Å²) in [4.78, 5) is 12.3. The molecule has 0 aliphatic rings. The lowest BCUT2D eigenvalue weighted by atomic mass is 9.80. The van der Waals surface area contributed by atoms with Crippen LogP contribution in [0.1, 0.15) is 55.4 Å². The van der Waals surface area contributed by atoms with E-state index in [2.05, 4.69) is 5.32 Å². The van der Waals surface area contributed by atoms with Gasteiger partial charge in [0.05, 0.1) is 11.6 Å². The van der Waals surface area contributed by atoms with Crippen LogP contribution in [0.5, 0.6) is 0 Å². The Hall–Kier alpha value is -0.410. The second kappa shape index (κ2) is 4.46. The van der Waals surface area contributed by atoms with Crippen molar-refractivity contribution in [1.29, 1.82) is 0 Å². The van der Waals surface area contributed by atoms with E-state index in [4.69, 9.17) is 0 Å². The molecule has 0 aromatic rings. The van der Waals surface area contributed by atoms with Gasteiger partial charge in [-0.2, -0.15) is 0 Å². The van der Waals surface area contributed by atoms with Gasteiger partial charge in [0, 0.05) is 11.0 Å². The maximum atomic E-state index is 12.3. The standard InChI is InChI=1S/C13H27NO2/c1-11(2,3)10(15)9(13(7,8)16)14-12(4,5)6/h9,14,16H,1-8H3/t9-/m1/s1. The van der Waals surface area contributed by atoms with E-state index in [-0.39, 0.29) is 11.3 Å². The fraction of sp³-hybridized carbons (Fsp3) is 0.923. The number of Topliss-reactive ketones (excluding diaryl/α,β-unsaturated/α-hetero) is 1. The van der Waals surface area contributed by atoms with Crippen molar-refractivity contribution in [3.63, 3.8) is 0 Å². The molecule has 1 atom stereocenters. The zero-order valence-corrected chi connectivity index (χ0v) is 11.9. The largest absolute Gasteiger partial charge is 0.388 e. The highest BCUT2D eigenvalue weighted by atomic mass is 16.3. The third-order valence-electron chi connectivity index (χ3n) is 2.29. The van der Waals surface area contributed by atoms with E-state index in [9.17, 15) is 9.90 Å². The summed E-state index contributed by atoms with van der Waals surface area (Å²) in [7, 11) is 0. The van der Waals surface area contributed by atoms with Crippen LogP contribution in [0.2, 0.25) is 0 Å². The number of ketones is 1. The van der Waals surface area contributed by atoms with Gasteiger partial charge in [-0.05, 0) is 34.6 Å². The molecule has 0 aliphatic heterocycles. The SMILES string of the molecule is CC(C)(C)N[C@H](C(=O)C(C)(C)C)C(C)(C)O. The molecule has 0 aliphatic carbocycles. The molecule has 3 nitrogen and oxygen atoms in total. The van der Waals surface area contributed by atoms with Crippen LogP contribution >= 0.6 is 0 Å². The first-order valence-corrected chi connectivity index (χ1v) is 5.79. The summed E-state index contributed by atoms with van der Waals surface area (Å²) in [6.07, 6.45) is 0. The molecular formula is C13H27NO2. The first-order chi connectivity index (χ1) is 6.75. The topological polar surface area (TPSA) is 49.3 Å². The molecule has 0 aromatic heterocycles. The Labute approximate surface area is 99.6 Å². The van der Waals surface area contributed by atoms with Gasteiger partial charge in [-0.15, -0.1) is 0 Å². The Morgan fingerprint density at radius 2 is 1.38 bits per heavy atom. The zero-order valence-electron chi connectivity index (χ0n) is 11.9. The summed E-state index contributed by atoms with van der Waals surface area (Å²) in [6, 6.07) is -0.549. The maximum absolute atomic E-state index is 12.3. The van der Waals surface area contributed by atoms with Crippen molar-refractivity contribution in [2.24, 2.45) is 5.41 Å². The number of hydrogen-bond acceptors (Lipinski definition) is 3. The van der Waals surface area contributed by atoms with Crippen LogP contribution in [0.15, 0.2) is 0 Å². The van der Waals surface area contributed by atoms with Crippen molar-refractivity contribution in [3.8, 4) is 0 Å². The number of aliphatic hydroxyl groups is 1. The second-order valence-corrected chi connectivity index (χ2v) is 7.10. The quantitative estimate of drug-likeness (QED) is 0.779. The van der Waals surface area contributed by atoms with Gasteiger partial charge in [-0.3, -0.25) is 4.79 Å². The van der Waals surface area contributed by atoms with Gasteiger partial charge in [-0.25, -0.2) is 0 Å². The lowest BCUT2D eigenvalue weighted by Crippen LogP contribution is -2.60. The summed E-state index contributed by atoms with van der Waals surface area (Å²) < 4.78 is 0. The van der Waals surface area contributed by atoms with Crippen LogP contribution in [-0.4, -0.2) is 28.1 Å². The molecule has 3 heteroatoms. The highest BCUT2D eigenvalue weighted by Crippen LogP contribution is 2.24. The van der Waals surface area contributed by atoms with Crippen molar-refractivity contribution < 1.29 is 9.90 Å². The van der Waals surface area contributed by atoms with Crippen LogP contribution in [0.25, 0.3) is 0 Å². The summed E-state index contributed by atoms with van der Waals surface area (Å²) in [6.45, 7) is 14.9. The average molecular weight is 229 g/mol. The van der Waals surface area contributed by atoms with Crippen LogP contribution in [0.4, 0.5) is 0 Å². The van der Waals surface area contributed by atoms with Crippen LogP contribution in [0.3, 0.4) is 0 Å². The molecule has 0 unspecified atom stereocenters. The van der Waals surface area contributed by atoms with Gasteiger partial charge >= 0.3 is 0 Å². The number of carbonyl (C=O) groups is 1. The molecule has 0 fully saturated rings. The van der Waals surface area contributed by atoms with Gasteiger partial charge in [0.2, 0.25) is 0 Å². The summed E-state index contributed by atoms with van der Waals surface area (Å²) in [5, 5.41) is 13.3. The molecule has 0 spiro atoms. The van der Waals surface area contributed by atoms with E-state index >= 15 is 0 Å². The third-order valence-corrected chi connectivity index (χ3v) is 2.29. The van der Waals surface area contributed by atoms with Gasteiger partial charge in [0.25, 0.3) is 0 Å². The molecule has 2 N–H and O–H groups in total. The third kappa shape index (κ3) is 5.08. The Morgan fingerprint density at radius 3 is 1.56 bits per heavy atom. The smallest absolute Gasteiger partial charge is 0.157 e. The zero-order chi connectivity index (χ0) is 13.4.